The fourth-order valence-electron chi connectivity index (χ4n) is 4.17. The average molecular weight is 404 g/mol. The zero-order valence-electron chi connectivity index (χ0n) is 16.9. The van der Waals surface area contributed by atoms with Crippen LogP contribution in [0.25, 0.3) is 0 Å². The summed E-state index contributed by atoms with van der Waals surface area (Å²) in [5, 5.41) is 0. The highest BCUT2D eigenvalue weighted by atomic mass is 19.2. The van der Waals surface area contributed by atoms with Gasteiger partial charge in [0, 0.05) is 0 Å². The van der Waals surface area contributed by atoms with Crippen molar-refractivity contribution in [2.75, 3.05) is 0 Å². The first-order valence-electron chi connectivity index (χ1n) is 10.4. The molecular formula is C27H23F3. The third kappa shape index (κ3) is 4.14. The molecule has 0 amide bonds. The summed E-state index contributed by atoms with van der Waals surface area (Å²) >= 11 is 0. The van der Waals surface area contributed by atoms with Crippen molar-refractivity contribution in [1.29, 1.82) is 0 Å². The van der Waals surface area contributed by atoms with Crippen molar-refractivity contribution in [3.8, 4) is 11.8 Å². The van der Waals surface area contributed by atoms with Crippen molar-refractivity contribution in [3.05, 3.63) is 105 Å². The van der Waals surface area contributed by atoms with Gasteiger partial charge >= 0.3 is 0 Å². The molecule has 0 aromatic heterocycles. The first-order chi connectivity index (χ1) is 14.6. The molecule has 0 nitrogen and oxygen atoms in total. The molecule has 0 heterocycles. The number of benzene rings is 3. The molecule has 1 aliphatic carbocycles. The molecule has 1 atom stereocenters. The maximum absolute atomic E-state index is 15.0. The summed E-state index contributed by atoms with van der Waals surface area (Å²) in [6, 6.07) is 16.2. The van der Waals surface area contributed by atoms with Gasteiger partial charge in [-0.25, -0.2) is 13.2 Å². The van der Waals surface area contributed by atoms with E-state index in [-0.39, 0.29) is 16.9 Å². The maximum Gasteiger partial charge on any atom is 0.174 e. The van der Waals surface area contributed by atoms with Gasteiger partial charge in [-0.2, -0.15) is 0 Å². The van der Waals surface area contributed by atoms with E-state index in [0.29, 0.717) is 17.9 Å². The van der Waals surface area contributed by atoms with Crippen LogP contribution in [0.4, 0.5) is 13.2 Å². The Morgan fingerprint density at radius 2 is 1.60 bits per heavy atom. The highest BCUT2D eigenvalue weighted by Crippen LogP contribution is 2.34. The van der Waals surface area contributed by atoms with Gasteiger partial charge in [-0.15, -0.1) is 0 Å². The molecule has 3 heteroatoms. The Kier molecular flexibility index (Phi) is 5.95. The van der Waals surface area contributed by atoms with Gasteiger partial charge in [0.1, 0.15) is 5.82 Å². The summed E-state index contributed by atoms with van der Waals surface area (Å²) in [5.41, 5.74) is 4.50. The number of hydrogen-bond acceptors (Lipinski definition) is 0. The normalized spacial score (nSPS) is 15.3. The predicted octanol–water partition coefficient (Wildman–Crippen LogP) is 6.73. The summed E-state index contributed by atoms with van der Waals surface area (Å²) in [5.74, 6) is 3.32. The van der Waals surface area contributed by atoms with Crippen molar-refractivity contribution in [2.24, 2.45) is 0 Å². The van der Waals surface area contributed by atoms with Gasteiger partial charge in [0.05, 0.1) is 11.1 Å². The van der Waals surface area contributed by atoms with Gasteiger partial charge < -0.3 is 0 Å². The van der Waals surface area contributed by atoms with E-state index in [9.17, 15) is 8.78 Å². The van der Waals surface area contributed by atoms with E-state index in [1.807, 2.05) is 6.07 Å². The van der Waals surface area contributed by atoms with Gasteiger partial charge in [-0.3, -0.25) is 0 Å². The molecule has 0 N–H and O–H groups in total. The van der Waals surface area contributed by atoms with Crippen LogP contribution in [0, 0.1) is 29.3 Å². The average Bonchev–Trinajstić information content (AvgIpc) is 2.76. The standard InChI is InChI=1S/C27H23F3/c1-2-4-18-7-9-19(10-8-18)22-15-16-24-23(17-22)14-13-21(26(24)29)12-11-20-5-3-6-25(28)27(20)30/h3,5-10,13-14,22H,2,4,15-17H2,1H3. The van der Waals surface area contributed by atoms with Gasteiger partial charge in [-0.1, -0.05) is 61.6 Å². The SMILES string of the molecule is CCCc1ccc(C2CCc3c(ccc(C#Cc4cccc(F)c4F)c3F)C2)cc1. The molecule has 0 fully saturated rings. The van der Waals surface area contributed by atoms with E-state index in [0.717, 1.165) is 37.3 Å². The molecule has 0 spiro atoms. The summed E-state index contributed by atoms with van der Waals surface area (Å²) in [7, 11) is 0. The third-order valence-corrected chi connectivity index (χ3v) is 5.82. The molecule has 1 unspecified atom stereocenters. The lowest BCUT2D eigenvalue weighted by Gasteiger charge is -2.26. The van der Waals surface area contributed by atoms with E-state index < -0.39 is 11.6 Å². The molecule has 4 rings (SSSR count). The summed E-state index contributed by atoms with van der Waals surface area (Å²) < 4.78 is 42.1. The molecule has 0 bridgehead atoms. The van der Waals surface area contributed by atoms with E-state index in [4.69, 9.17) is 0 Å². The van der Waals surface area contributed by atoms with E-state index in [2.05, 4.69) is 43.0 Å². The van der Waals surface area contributed by atoms with E-state index in [1.165, 1.54) is 23.3 Å². The topological polar surface area (TPSA) is 0 Å². The number of halogens is 3. The Morgan fingerprint density at radius 3 is 2.33 bits per heavy atom. The van der Waals surface area contributed by atoms with Crippen LogP contribution < -0.4 is 0 Å². The Bertz CT molecular complexity index is 1120. The maximum atomic E-state index is 15.0. The van der Waals surface area contributed by atoms with Crippen LogP contribution >= 0.6 is 0 Å². The van der Waals surface area contributed by atoms with Crippen LogP contribution in [0.5, 0.6) is 0 Å². The van der Waals surface area contributed by atoms with E-state index in [1.54, 1.807) is 6.07 Å². The quantitative estimate of drug-likeness (QED) is 0.425. The second kappa shape index (κ2) is 8.79. The molecule has 0 radical (unpaired) electrons. The zero-order chi connectivity index (χ0) is 21.1. The van der Waals surface area contributed by atoms with Crippen LogP contribution in [0.3, 0.4) is 0 Å². The first-order valence-corrected chi connectivity index (χ1v) is 10.4. The molecular weight excluding hydrogens is 381 g/mol. The Hall–Kier alpha value is -2.99. The summed E-state index contributed by atoms with van der Waals surface area (Å²) in [4.78, 5) is 0. The van der Waals surface area contributed by atoms with E-state index >= 15 is 4.39 Å². The van der Waals surface area contributed by atoms with Crippen molar-refractivity contribution < 1.29 is 13.2 Å². The third-order valence-electron chi connectivity index (χ3n) is 5.82. The molecule has 3 aromatic carbocycles. The Labute approximate surface area is 175 Å². The second-order valence-electron chi connectivity index (χ2n) is 7.85. The monoisotopic (exact) mass is 404 g/mol. The molecule has 0 saturated heterocycles. The van der Waals surface area contributed by atoms with Crippen LogP contribution in [0.2, 0.25) is 0 Å². The van der Waals surface area contributed by atoms with Gasteiger partial charge in [0.15, 0.2) is 11.6 Å². The minimum Gasteiger partial charge on any atom is -0.205 e. The van der Waals surface area contributed by atoms with Crippen LogP contribution in [0.15, 0.2) is 54.6 Å². The molecule has 0 saturated carbocycles. The number of aryl methyl sites for hydroxylation is 1. The van der Waals surface area contributed by atoms with Crippen molar-refractivity contribution in [2.45, 2.75) is 44.9 Å². The van der Waals surface area contributed by atoms with Gasteiger partial charge in [0.2, 0.25) is 0 Å². The fraction of sp³-hybridized carbons (Fsp3) is 0.259. The minimum atomic E-state index is -1.00. The molecule has 0 aliphatic heterocycles. The lowest BCUT2D eigenvalue weighted by Crippen LogP contribution is -2.15. The number of fused-ring (bicyclic) bond motifs is 1. The molecule has 3 aromatic rings. The summed E-state index contributed by atoms with van der Waals surface area (Å²) in [6.45, 7) is 2.17. The zero-order valence-corrected chi connectivity index (χ0v) is 16.9. The largest absolute Gasteiger partial charge is 0.205 e. The second-order valence-corrected chi connectivity index (χ2v) is 7.85. The lowest BCUT2D eigenvalue weighted by atomic mass is 9.79. The van der Waals surface area contributed by atoms with Crippen molar-refractivity contribution in [3.63, 3.8) is 0 Å². The lowest BCUT2D eigenvalue weighted by molar-refractivity contribution is 0.506. The van der Waals surface area contributed by atoms with Gasteiger partial charge in [-0.05, 0) is 72.1 Å². The molecule has 1 aliphatic rings. The van der Waals surface area contributed by atoms with Crippen LogP contribution in [-0.4, -0.2) is 0 Å². The van der Waals surface area contributed by atoms with Crippen molar-refractivity contribution >= 4 is 0 Å². The fourth-order valence-corrected chi connectivity index (χ4v) is 4.17. The van der Waals surface area contributed by atoms with Crippen molar-refractivity contribution in [1.82, 2.24) is 0 Å². The first kappa shape index (κ1) is 20.3. The highest BCUT2D eigenvalue weighted by molar-refractivity contribution is 5.48. The number of rotatable bonds is 3. The molecule has 30 heavy (non-hydrogen) atoms. The smallest absolute Gasteiger partial charge is 0.174 e. The minimum absolute atomic E-state index is 0.0706. The van der Waals surface area contributed by atoms with Crippen LogP contribution in [0.1, 0.15) is 59.1 Å². The highest BCUT2D eigenvalue weighted by Gasteiger charge is 2.23. The Balaban J connectivity index is 1.56. The Morgan fingerprint density at radius 1 is 0.867 bits per heavy atom. The molecule has 152 valence electrons. The van der Waals surface area contributed by atoms with Gasteiger partial charge in [0.25, 0.3) is 0 Å². The van der Waals surface area contributed by atoms with Crippen LogP contribution in [-0.2, 0) is 19.3 Å². The number of hydrogen-bond donors (Lipinski definition) is 0. The predicted molar refractivity (Wildman–Crippen MR) is 114 cm³/mol. The summed E-state index contributed by atoms with van der Waals surface area (Å²) in [6.07, 6.45) is 4.54.